The van der Waals surface area contributed by atoms with Crippen molar-refractivity contribution in [2.75, 3.05) is 19.1 Å². The Morgan fingerprint density at radius 1 is 1.12 bits per heavy atom. The molecule has 0 saturated carbocycles. The fourth-order valence-electron chi connectivity index (χ4n) is 3.47. The topological polar surface area (TPSA) is 47.5 Å². The predicted molar refractivity (Wildman–Crippen MR) is 94.3 cm³/mol. The molecule has 0 aliphatic carbocycles. The molecule has 1 atom stereocenters. The summed E-state index contributed by atoms with van der Waals surface area (Å²) in [5.41, 5.74) is 2.51. The highest BCUT2D eigenvalue weighted by Gasteiger charge is 2.30. The molecule has 0 amide bonds. The van der Waals surface area contributed by atoms with Crippen molar-refractivity contribution in [2.24, 2.45) is 0 Å². The average molecular weight is 339 g/mol. The molecule has 4 rings (SSSR count). The molecule has 2 aromatic carbocycles. The van der Waals surface area contributed by atoms with E-state index in [2.05, 4.69) is 21.8 Å². The van der Waals surface area contributed by atoms with E-state index in [1.54, 1.807) is 19.2 Å². The zero-order chi connectivity index (χ0) is 17.6. The number of benzene rings is 2. The van der Waals surface area contributed by atoms with Crippen molar-refractivity contribution in [3.05, 3.63) is 48.0 Å². The van der Waals surface area contributed by atoms with Gasteiger partial charge < -0.3 is 14.4 Å². The number of hydrogen-bond acceptors (Lipinski definition) is 5. The second-order valence-corrected chi connectivity index (χ2v) is 6.09. The highest BCUT2D eigenvalue weighted by molar-refractivity contribution is 5.93. The largest absolute Gasteiger partial charge is 0.497 e. The Labute approximate surface area is 145 Å². The number of aromatic nitrogens is 2. The van der Waals surface area contributed by atoms with E-state index in [4.69, 9.17) is 9.47 Å². The van der Waals surface area contributed by atoms with Crippen molar-refractivity contribution < 1.29 is 13.9 Å². The first-order valence-electron chi connectivity index (χ1n) is 8.07. The van der Waals surface area contributed by atoms with Crippen molar-refractivity contribution in [3.8, 4) is 11.5 Å². The predicted octanol–water partition coefficient (Wildman–Crippen LogP) is 3.87. The normalized spacial score (nSPS) is 16.2. The number of methoxy groups -OCH3 is 2. The number of halogens is 1. The summed E-state index contributed by atoms with van der Waals surface area (Å²) >= 11 is 0. The minimum Gasteiger partial charge on any atom is -0.497 e. The van der Waals surface area contributed by atoms with Gasteiger partial charge in [-0.1, -0.05) is 0 Å². The molecule has 0 radical (unpaired) electrons. The monoisotopic (exact) mass is 339 g/mol. The number of ether oxygens (including phenoxy) is 2. The summed E-state index contributed by atoms with van der Waals surface area (Å²) in [5.74, 6) is 1.24. The molecule has 1 aliphatic rings. The van der Waals surface area contributed by atoms with Crippen LogP contribution in [0.25, 0.3) is 10.9 Å². The minimum atomic E-state index is -0.467. The first-order valence-corrected chi connectivity index (χ1v) is 8.07. The molecule has 0 bridgehead atoms. The van der Waals surface area contributed by atoms with Gasteiger partial charge in [0.05, 0.1) is 14.2 Å². The van der Waals surface area contributed by atoms with Gasteiger partial charge in [0.25, 0.3) is 0 Å². The van der Waals surface area contributed by atoms with E-state index in [9.17, 15) is 4.39 Å². The molecule has 0 N–H and O–H groups in total. The zero-order valence-corrected chi connectivity index (χ0v) is 14.3. The fourth-order valence-corrected chi connectivity index (χ4v) is 3.47. The van der Waals surface area contributed by atoms with Crippen LogP contribution in [-0.2, 0) is 6.42 Å². The van der Waals surface area contributed by atoms with Crippen LogP contribution in [0.15, 0.2) is 36.7 Å². The summed E-state index contributed by atoms with van der Waals surface area (Å²) in [6, 6.07) is 9.60. The Kier molecular flexibility index (Phi) is 3.67. The van der Waals surface area contributed by atoms with E-state index in [-0.39, 0.29) is 17.3 Å². The van der Waals surface area contributed by atoms with Gasteiger partial charge in [0.15, 0.2) is 11.6 Å². The molecule has 0 saturated heterocycles. The third kappa shape index (κ3) is 2.36. The lowest BCUT2D eigenvalue weighted by atomic mass is 10.1. The smallest absolute Gasteiger partial charge is 0.191 e. The van der Waals surface area contributed by atoms with Gasteiger partial charge in [0.1, 0.15) is 23.4 Å². The average Bonchev–Trinajstić information content (AvgIpc) is 2.96. The Bertz CT molecular complexity index is 961. The molecule has 6 heteroatoms. The van der Waals surface area contributed by atoms with E-state index in [0.29, 0.717) is 11.2 Å². The molecule has 128 valence electrons. The highest BCUT2D eigenvalue weighted by Crippen LogP contribution is 2.41. The second-order valence-electron chi connectivity index (χ2n) is 6.09. The quantitative estimate of drug-likeness (QED) is 0.725. The minimum absolute atomic E-state index is 0.178. The third-order valence-electron chi connectivity index (χ3n) is 4.64. The Balaban J connectivity index is 1.90. The Hall–Kier alpha value is -2.89. The fraction of sp³-hybridized carbons (Fsp3) is 0.263. The lowest BCUT2D eigenvalue weighted by molar-refractivity contribution is 0.388. The SMILES string of the molecule is COc1ccc2c(c1)CC(C)N2c1ncnc2c(F)c(OC)ccc12. The maximum absolute atomic E-state index is 14.6. The lowest BCUT2D eigenvalue weighted by Gasteiger charge is -2.25. The first kappa shape index (κ1) is 15.6. The van der Waals surface area contributed by atoms with Crippen LogP contribution in [0.3, 0.4) is 0 Å². The van der Waals surface area contributed by atoms with Gasteiger partial charge in [-0.3, -0.25) is 0 Å². The van der Waals surface area contributed by atoms with Crippen LogP contribution in [0.4, 0.5) is 15.9 Å². The number of fused-ring (bicyclic) bond motifs is 2. The van der Waals surface area contributed by atoms with E-state index in [0.717, 1.165) is 17.9 Å². The maximum Gasteiger partial charge on any atom is 0.191 e. The van der Waals surface area contributed by atoms with E-state index in [1.807, 2.05) is 18.2 Å². The summed E-state index contributed by atoms with van der Waals surface area (Å²) < 4.78 is 25.0. The van der Waals surface area contributed by atoms with Crippen molar-refractivity contribution in [1.82, 2.24) is 9.97 Å². The summed E-state index contributed by atoms with van der Waals surface area (Å²) in [7, 11) is 3.10. The van der Waals surface area contributed by atoms with Crippen molar-refractivity contribution in [1.29, 1.82) is 0 Å². The van der Waals surface area contributed by atoms with Gasteiger partial charge in [0.2, 0.25) is 0 Å². The molecule has 0 fully saturated rings. The molecular weight excluding hydrogens is 321 g/mol. The molecule has 25 heavy (non-hydrogen) atoms. The van der Waals surface area contributed by atoms with Crippen LogP contribution < -0.4 is 14.4 Å². The van der Waals surface area contributed by atoms with Crippen LogP contribution in [0.1, 0.15) is 12.5 Å². The Morgan fingerprint density at radius 3 is 2.72 bits per heavy atom. The molecule has 1 aromatic heterocycles. The van der Waals surface area contributed by atoms with Gasteiger partial charge in [0, 0.05) is 17.1 Å². The molecule has 1 aliphatic heterocycles. The zero-order valence-electron chi connectivity index (χ0n) is 14.3. The molecular formula is C19H18FN3O2. The first-order chi connectivity index (χ1) is 12.1. The summed E-state index contributed by atoms with van der Waals surface area (Å²) in [4.78, 5) is 10.7. The maximum atomic E-state index is 14.6. The van der Waals surface area contributed by atoms with Crippen LogP contribution in [0.5, 0.6) is 11.5 Å². The van der Waals surface area contributed by atoms with Gasteiger partial charge >= 0.3 is 0 Å². The Morgan fingerprint density at radius 2 is 1.96 bits per heavy atom. The van der Waals surface area contributed by atoms with Gasteiger partial charge in [-0.05, 0) is 49.2 Å². The van der Waals surface area contributed by atoms with Gasteiger partial charge in [-0.15, -0.1) is 0 Å². The second kappa shape index (κ2) is 5.88. The summed E-state index contributed by atoms with van der Waals surface area (Å²) in [5, 5.41) is 0.663. The number of rotatable bonds is 3. The number of nitrogens with zero attached hydrogens (tertiary/aromatic N) is 3. The third-order valence-corrected chi connectivity index (χ3v) is 4.64. The number of hydrogen-bond donors (Lipinski definition) is 0. The van der Waals surface area contributed by atoms with Crippen molar-refractivity contribution in [3.63, 3.8) is 0 Å². The van der Waals surface area contributed by atoms with Crippen LogP contribution in [-0.4, -0.2) is 30.2 Å². The van der Waals surface area contributed by atoms with Crippen molar-refractivity contribution in [2.45, 2.75) is 19.4 Å². The van der Waals surface area contributed by atoms with E-state index < -0.39 is 5.82 Å². The highest BCUT2D eigenvalue weighted by atomic mass is 19.1. The summed E-state index contributed by atoms with van der Waals surface area (Å²) in [6.07, 6.45) is 2.27. The van der Waals surface area contributed by atoms with Crippen LogP contribution in [0.2, 0.25) is 0 Å². The van der Waals surface area contributed by atoms with Gasteiger partial charge in [-0.2, -0.15) is 0 Å². The molecule has 5 nitrogen and oxygen atoms in total. The number of anilines is 2. The molecule has 2 heterocycles. The van der Waals surface area contributed by atoms with Crippen LogP contribution >= 0.6 is 0 Å². The summed E-state index contributed by atoms with van der Waals surface area (Å²) in [6.45, 7) is 2.13. The van der Waals surface area contributed by atoms with E-state index in [1.165, 1.54) is 19.0 Å². The molecule has 0 spiro atoms. The van der Waals surface area contributed by atoms with Crippen molar-refractivity contribution >= 4 is 22.4 Å². The van der Waals surface area contributed by atoms with Crippen LogP contribution in [0, 0.1) is 5.82 Å². The standard InChI is InChI=1S/C19H18FN3O2/c1-11-8-12-9-13(24-2)4-6-15(12)23(11)19-14-5-7-16(25-3)17(20)18(14)21-10-22-19/h4-7,9-11H,8H2,1-3H3. The molecule has 3 aromatic rings. The van der Waals surface area contributed by atoms with E-state index >= 15 is 0 Å². The lowest BCUT2D eigenvalue weighted by Crippen LogP contribution is -2.25. The van der Waals surface area contributed by atoms with Gasteiger partial charge in [-0.25, -0.2) is 14.4 Å². The molecule has 1 unspecified atom stereocenters.